The third-order valence-corrected chi connectivity index (χ3v) is 3.32. The molecule has 2 nitrogen and oxygen atoms in total. The van der Waals surface area contributed by atoms with E-state index in [1.54, 1.807) is 0 Å². The molecule has 0 spiro atoms. The summed E-state index contributed by atoms with van der Waals surface area (Å²) in [6.07, 6.45) is 2.45. The molecule has 0 radical (unpaired) electrons. The third kappa shape index (κ3) is 1.44. The number of para-hydroxylation sites is 1. The fourth-order valence-corrected chi connectivity index (χ4v) is 2.37. The van der Waals surface area contributed by atoms with Gasteiger partial charge >= 0.3 is 0 Å². The van der Waals surface area contributed by atoms with E-state index in [-0.39, 0.29) is 0 Å². The molecule has 0 N–H and O–H groups in total. The Morgan fingerprint density at radius 2 is 2.20 bits per heavy atom. The third-order valence-electron chi connectivity index (χ3n) is 2.78. The quantitative estimate of drug-likeness (QED) is 0.732. The number of alkyl halides is 1. The first-order valence-electron chi connectivity index (χ1n) is 5.02. The number of fused-ring (bicyclic) bond motifs is 1. The van der Waals surface area contributed by atoms with Crippen LogP contribution in [0.4, 0.5) is 0 Å². The number of rotatable bonds is 2. The summed E-state index contributed by atoms with van der Waals surface area (Å²) in [4.78, 5) is 4.49. The van der Waals surface area contributed by atoms with Gasteiger partial charge in [0, 0.05) is 6.04 Å². The Hall–Kier alpha value is -0.730. The Labute approximate surface area is 97.8 Å². The van der Waals surface area contributed by atoms with E-state index >= 15 is 0 Å². The molecule has 1 saturated carbocycles. The fraction of sp³-hybridized carbons (Fsp3) is 0.364. The average Bonchev–Trinajstić information content (AvgIpc) is 3.00. The van der Waals surface area contributed by atoms with Crippen molar-refractivity contribution >= 4 is 34.2 Å². The molecule has 0 unspecified atom stereocenters. The van der Waals surface area contributed by atoms with E-state index in [9.17, 15) is 0 Å². The molecular formula is C11H10Cl2N2. The second-order valence-corrected chi connectivity index (χ2v) is 4.54. The first-order chi connectivity index (χ1) is 7.31. The highest BCUT2D eigenvalue weighted by molar-refractivity contribution is 6.35. The van der Waals surface area contributed by atoms with Gasteiger partial charge in [-0.3, -0.25) is 0 Å². The Bertz CT molecular complexity index is 515. The maximum absolute atomic E-state index is 6.11. The van der Waals surface area contributed by atoms with Crippen molar-refractivity contribution in [2.24, 2.45) is 0 Å². The molecule has 0 saturated heterocycles. The minimum atomic E-state index is 0.446. The SMILES string of the molecule is ClCc1nc2c(Cl)cccc2n1C1CC1. The number of hydrogen-bond donors (Lipinski definition) is 0. The van der Waals surface area contributed by atoms with Gasteiger partial charge < -0.3 is 4.57 Å². The first-order valence-corrected chi connectivity index (χ1v) is 5.94. The van der Waals surface area contributed by atoms with Gasteiger partial charge in [0.25, 0.3) is 0 Å². The van der Waals surface area contributed by atoms with Crippen LogP contribution in [-0.2, 0) is 5.88 Å². The molecule has 1 aliphatic carbocycles. The van der Waals surface area contributed by atoms with Gasteiger partial charge in [0.05, 0.1) is 16.4 Å². The van der Waals surface area contributed by atoms with Gasteiger partial charge in [0.15, 0.2) is 0 Å². The van der Waals surface area contributed by atoms with Crippen molar-refractivity contribution in [3.05, 3.63) is 29.0 Å². The lowest BCUT2D eigenvalue weighted by Crippen LogP contribution is -1.98. The van der Waals surface area contributed by atoms with Gasteiger partial charge in [-0.2, -0.15) is 0 Å². The minimum Gasteiger partial charge on any atom is -0.324 e. The number of nitrogens with zero attached hydrogens (tertiary/aromatic N) is 2. The Kier molecular flexibility index (Phi) is 2.15. The highest BCUT2D eigenvalue weighted by atomic mass is 35.5. The van der Waals surface area contributed by atoms with E-state index in [4.69, 9.17) is 23.2 Å². The van der Waals surface area contributed by atoms with Gasteiger partial charge in [-0.1, -0.05) is 17.7 Å². The van der Waals surface area contributed by atoms with E-state index < -0.39 is 0 Å². The molecule has 1 aromatic carbocycles. The van der Waals surface area contributed by atoms with Crippen LogP contribution in [0.25, 0.3) is 11.0 Å². The summed E-state index contributed by atoms with van der Waals surface area (Å²) < 4.78 is 2.23. The lowest BCUT2D eigenvalue weighted by atomic mass is 10.3. The zero-order valence-electron chi connectivity index (χ0n) is 8.08. The van der Waals surface area contributed by atoms with Gasteiger partial charge in [-0.05, 0) is 25.0 Å². The molecule has 1 heterocycles. The Morgan fingerprint density at radius 1 is 1.40 bits per heavy atom. The molecule has 0 aliphatic heterocycles. The Morgan fingerprint density at radius 3 is 2.87 bits per heavy atom. The van der Waals surface area contributed by atoms with Crippen molar-refractivity contribution in [1.29, 1.82) is 0 Å². The molecule has 0 bridgehead atoms. The summed E-state index contributed by atoms with van der Waals surface area (Å²) in [6, 6.07) is 6.47. The van der Waals surface area contributed by atoms with Gasteiger partial charge in [0.1, 0.15) is 11.3 Å². The van der Waals surface area contributed by atoms with Crippen LogP contribution in [0.15, 0.2) is 18.2 Å². The lowest BCUT2D eigenvalue weighted by molar-refractivity contribution is 0.728. The van der Waals surface area contributed by atoms with Crippen molar-refractivity contribution in [2.45, 2.75) is 24.8 Å². The predicted octanol–water partition coefficient (Wildman–Crippen LogP) is 3.76. The largest absolute Gasteiger partial charge is 0.324 e. The van der Waals surface area contributed by atoms with Gasteiger partial charge in [-0.25, -0.2) is 4.98 Å². The fourth-order valence-electron chi connectivity index (χ4n) is 1.97. The lowest BCUT2D eigenvalue weighted by Gasteiger charge is -2.04. The topological polar surface area (TPSA) is 17.8 Å². The van der Waals surface area contributed by atoms with Crippen LogP contribution in [0.2, 0.25) is 5.02 Å². The number of halogens is 2. The van der Waals surface area contributed by atoms with Crippen LogP contribution in [0.1, 0.15) is 24.7 Å². The van der Waals surface area contributed by atoms with E-state index in [0.717, 1.165) is 16.9 Å². The van der Waals surface area contributed by atoms with Gasteiger partial charge in [0.2, 0.25) is 0 Å². The molecule has 15 heavy (non-hydrogen) atoms. The summed E-state index contributed by atoms with van der Waals surface area (Å²) in [7, 11) is 0. The van der Waals surface area contributed by atoms with Crippen LogP contribution in [0, 0.1) is 0 Å². The van der Waals surface area contributed by atoms with Crippen molar-refractivity contribution in [1.82, 2.24) is 9.55 Å². The van der Waals surface area contributed by atoms with Gasteiger partial charge in [-0.15, -0.1) is 11.6 Å². The van der Waals surface area contributed by atoms with E-state index in [1.165, 1.54) is 12.8 Å². The maximum Gasteiger partial charge on any atom is 0.125 e. The van der Waals surface area contributed by atoms with Crippen LogP contribution < -0.4 is 0 Å². The highest BCUT2D eigenvalue weighted by Gasteiger charge is 2.28. The Balaban J connectivity index is 2.33. The zero-order chi connectivity index (χ0) is 10.4. The summed E-state index contributed by atoms with van der Waals surface area (Å²) in [5.41, 5.74) is 1.99. The molecule has 78 valence electrons. The summed E-state index contributed by atoms with van der Waals surface area (Å²) in [5, 5.41) is 0.707. The van der Waals surface area contributed by atoms with Crippen molar-refractivity contribution in [2.75, 3.05) is 0 Å². The van der Waals surface area contributed by atoms with Crippen LogP contribution in [0.5, 0.6) is 0 Å². The second-order valence-electron chi connectivity index (χ2n) is 3.87. The molecule has 1 aliphatic rings. The van der Waals surface area contributed by atoms with Crippen molar-refractivity contribution in [3.63, 3.8) is 0 Å². The molecule has 0 atom stereocenters. The first kappa shape index (κ1) is 9.49. The van der Waals surface area contributed by atoms with Crippen LogP contribution >= 0.6 is 23.2 Å². The molecule has 1 aromatic heterocycles. The summed E-state index contributed by atoms with van der Waals surface area (Å²) in [5.74, 6) is 1.38. The maximum atomic E-state index is 6.11. The smallest absolute Gasteiger partial charge is 0.125 e. The summed E-state index contributed by atoms with van der Waals surface area (Å²) in [6.45, 7) is 0. The average molecular weight is 241 g/mol. The number of imidazole rings is 1. The predicted molar refractivity (Wildman–Crippen MR) is 62.6 cm³/mol. The molecule has 3 rings (SSSR count). The van der Waals surface area contributed by atoms with Crippen molar-refractivity contribution in [3.8, 4) is 0 Å². The minimum absolute atomic E-state index is 0.446. The monoisotopic (exact) mass is 240 g/mol. The zero-order valence-corrected chi connectivity index (χ0v) is 9.59. The summed E-state index contributed by atoms with van der Waals surface area (Å²) >= 11 is 12.0. The van der Waals surface area contributed by atoms with Crippen LogP contribution in [0.3, 0.4) is 0 Å². The normalized spacial score (nSPS) is 16.1. The molecule has 1 fully saturated rings. The second kappa shape index (κ2) is 3.39. The van der Waals surface area contributed by atoms with E-state index in [1.807, 2.05) is 12.1 Å². The van der Waals surface area contributed by atoms with E-state index in [2.05, 4.69) is 15.6 Å². The standard InChI is InChI=1S/C11H10Cl2N2/c12-6-10-14-11-8(13)2-1-3-9(11)15(10)7-4-5-7/h1-3,7H,4-6H2. The number of benzene rings is 1. The van der Waals surface area contributed by atoms with Crippen molar-refractivity contribution < 1.29 is 0 Å². The molecular weight excluding hydrogens is 231 g/mol. The van der Waals surface area contributed by atoms with E-state index in [0.29, 0.717) is 16.9 Å². The molecule has 4 heteroatoms. The molecule has 0 amide bonds. The van der Waals surface area contributed by atoms with Crippen LogP contribution in [-0.4, -0.2) is 9.55 Å². The number of aromatic nitrogens is 2. The highest BCUT2D eigenvalue weighted by Crippen LogP contribution is 2.39. The molecule has 2 aromatic rings. The number of hydrogen-bond acceptors (Lipinski definition) is 1.